The molecule has 0 unspecified atom stereocenters. The van der Waals surface area contributed by atoms with Crippen LogP contribution in [-0.4, -0.2) is 46.5 Å². The molecule has 0 saturated heterocycles. The Balaban J connectivity index is 2.81. The first-order valence-electron chi connectivity index (χ1n) is 8.02. The summed E-state index contributed by atoms with van der Waals surface area (Å²) >= 11 is 5.75. The summed E-state index contributed by atoms with van der Waals surface area (Å²) in [6, 6.07) is -0.0528. The van der Waals surface area contributed by atoms with Crippen molar-refractivity contribution in [1.82, 2.24) is 10.2 Å². The smallest absolute Gasteiger partial charge is 0.407 e. The zero-order chi connectivity index (χ0) is 16.9. The molecule has 0 heterocycles. The van der Waals surface area contributed by atoms with Crippen molar-refractivity contribution in [2.75, 3.05) is 5.88 Å². The molecule has 0 spiro atoms. The molecule has 1 aliphatic rings. The second-order valence-electron chi connectivity index (χ2n) is 7.13. The summed E-state index contributed by atoms with van der Waals surface area (Å²) in [5.41, 5.74) is -0.530. The van der Waals surface area contributed by atoms with E-state index in [1.165, 1.54) is 0 Å². The number of hydrogen-bond acceptors (Lipinski definition) is 3. The van der Waals surface area contributed by atoms with Crippen LogP contribution in [0, 0.1) is 0 Å². The summed E-state index contributed by atoms with van der Waals surface area (Å²) in [6.45, 7) is 9.46. The second kappa shape index (κ2) is 8.04. The Kier molecular flexibility index (Phi) is 6.98. The van der Waals surface area contributed by atoms with Crippen LogP contribution >= 0.6 is 11.6 Å². The predicted octanol–water partition coefficient (Wildman–Crippen LogP) is 3.30. The molecule has 2 atom stereocenters. The van der Waals surface area contributed by atoms with Crippen LogP contribution < -0.4 is 5.32 Å². The number of carbonyl (C=O) groups is 2. The molecule has 5 nitrogen and oxygen atoms in total. The average Bonchev–Trinajstić information content (AvgIpc) is 2.38. The van der Waals surface area contributed by atoms with Crippen LogP contribution in [0.2, 0.25) is 0 Å². The van der Waals surface area contributed by atoms with E-state index in [1.54, 1.807) is 0 Å². The quantitative estimate of drug-likeness (QED) is 0.803. The Labute approximate surface area is 138 Å². The van der Waals surface area contributed by atoms with Crippen molar-refractivity contribution in [3.05, 3.63) is 0 Å². The van der Waals surface area contributed by atoms with Crippen LogP contribution in [-0.2, 0) is 9.53 Å². The number of nitrogens with one attached hydrogen (secondary N) is 1. The number of alkyl carbamates (subject to hydrolysis) is 1. The maximum Gasteiger partial charge on any atom is 0.407 e. The molecule has 1 rings (SSSR count). The first kappa shape index (κ1) is 19.1. The van der Waals surface area contributed by atoms with Crippen molar-refractivity contribution >= 4 is 23.6 Å². The average molecular weight is 333 g/mol. The van der Waals surface area contributed by atoms with Crippen LogP contribution in [0.3, 0.4) is 0 Å². The van der Waals surface area contributed by atoms with Gasteiger partial charge in [0.1, 0.15) is 11.5 Å². The lowest BCUT2D eigenvalue weighted by molar-refractivity contribution is -0.134. The third-order valence-corrected chi connectivity index (χ3v) is 3.98. The Bertz CT molecular complexity index is 393. The number of amides is 2. The lowest BCUT2D eigenvalue weighted by Gasteiger charge is -2.42. The second-order valence-corrected chi connectivity index (χ2v) is 7.40. The molecule has 0 radical (unpaired) electrons. The van der Waals surface area contributed by atoms with Gasteiger partial charge in [-0.2, -0.15) is 0 Å². The van der Waals surface area contributed by atoms with E-state index in [-0.39, 0.29) is 29.9 Å². The minimum absolute atomic E-state index is 0.0208. The fourth-order valence-electron chi connectivity index (χ4n) is 3.00. The summed E-state index contributed by atoms with van der Waals surface area (Å²) in [4.78, 5) is 26.0. The van der Waals surface area contributed by atoms with Gasteiger partial charge in [-0.15, -0.1) is 11.6 Å². The van der Waals surface area contributed by atoms with Gasteiger partial charge < -0.3 is 15.0 Å². The molecule has 0 aliphatic heterocycles. The Morgan fingerprint density at radius 2 is 1.86 bits per heavy atom. The van der Waals surface area contributed by atoms with Crippen molar-refractivity contribution in [2.45, 2.75) is 84.0 Å². The highest BCUT2D eigenvalue weighted by atomic mass is 35.5. The molecule has 1 fully saturated rings. The molecular weight excluding hydrogens is 304 g/mol. The van der Waals surface area contributed by atoms with Crippen LogP contribution in [0.5, 0.6) is 0 Å². The zero-order valence-corrected chi connectivity index (χ0v) is 15.1. The molecule has 6 heteroatoms. The van der Waals surface area contributed by atoms with Gasteiger partial charge in [0.15, 0.2) is 0 Å². The van der Waals surface area contributed by atoms with Crippen molar-refractivity contribution in [3.8, 4) is 0 Å². The van der Waals surface area contributed by atoms with E-state index >= 15 is 0 Å². The van der Waals surface area contributed by atoms with Crippen LogP contribution in [0.4, 0.5) is 4.79 Å². The standard InChI is InChI=1S/C16H29ClN2O3/c1-11(2)19(14(20)10-17)13-9-7-6-8-12(13)18-15(21)22-16(3,4)5/h11-13H,6-10H2,1-5H3,(H,18,21)/t12-,13-/m0/s1. The van der Waals surface area contributed by atoms with E-state index in [4.69, 9.17) is 16.3 Å². The molecule has 1 saturated carbocycles. The van der Waals surface area contributed by atoms with Gasteiger partial charge >= 0.3 is 6.09 Å². The van der Waals surface area contributed by atoms with Crippen molar-refractivity contribution in [1.29, 1.82) is 0 Å². The SMILES string of the molecule is CC(C)N(C(=O)CCl)[C@H]1CCCC[C@@H]1NC(=O)OC(C)(C)C. The molecule has 1 N–H and O–H groups in total. The molecule has 0 bridgehead atoms. The van der Waals surface area contributed by atoms with Gasteiger partial charge in [0.2, 0.25) is 5.91 Å². The van der Waals surface area contributed by atoms with E-state index in [0.717, 1.165) is 25.7 Å². The summed E-state index contributed by atoms with van der Waals surface area (Å²) in [7, 11) is 0. The lowest BCUT2D eigenvalue weighted by atomic mass is 9.88. The van der Waals surface area contributed by atoms with Gasteiger partial charge in [-0.05, 0) is 47.5 Å². The van der Waals surface area contributed by atoms with Gasteiger partial charge in [0, 0.05) is 6.04 Å². The van der Waals surface area contributed by atoms with E-state index in [0.29, 0.717) is 0 Å². The fraction of sp³-hybridized carbons (Fsp3) is 0.875. The number of alkyl halides is 1. The molecule has 0 aromatic rings. The van der Waals surface area contributed by atoms with Gasteiger partial charge in [0.25, 0.3) is 0 Å². The Morgan fingerprint density at radius 3 is 2.36 bits per heavy atom. The molecule has 2 amide bonds. The summed E-state index contributed by atoms with van der Waals surface area (Å²) in [6.07, 6.45) is 3.39. The van der Waals surface area contributed by atoms with E-state index < -0.39 is 11.7 Å². The summed E-state index contributed by atoms with van der Waals surface area (Å²) < 4.78 is 5.34. The molecule has 128 valence electrons. The van der Waals surface area contributed by atoms with Gasteiger partial charge in [-0.25, -0.2) is 4.79 Å². The largest absolute Gasteiger partial charge is 0.444 e. The monoisotopic (exact) mass is 332 g/mol. The summed E-state index contributed by atoms with van der Waals surface area (Å²) in [5.74, 6) is -0.118. The molecule has 1 aliphatic carbocycles. The first-order valence-corrected chi connectivity index (χ1v) is 8.56. The van der Waals surface area contributed by atoms with Crippen LogP contribution in [0.1, 0.15) is 60.3 Å². The fourth-order valence-corrected chi connectivity index (χ4v) is 3.13. The minimum atomic E-state index is -0.530. The lowest BCUT2D eigenvalue weighted by Crippen LogP contribution is -2.57. The highest BCUT2D eigenvalue weighted by molar-refractivity contribution is 6.27. The van der Waals surface area contributed by atoms with E-state index in [1.807, 2.05) is 39.5 Å². The number of carbonyl (C=O) groups excluding carboxylic acids is 2. The molecule has 0 aromatic heterocycles. The van der Waals surface area contributed by atoms with Crippen LogP contribution in [0.15, 0.2) is 0 Å². The molecule has 0 aromatic carbocycles. The Morgan fingerprint density at radius 1 is 1.27 bits per heavy atom. The van der Waals surface area contributed by atoms with Gasteiger partial charge in [-0.3, -0.25) is 4.79 Å². The third kappa shape index (κ3) is 5.67. The van der Waals surface area contributed by atoms with Crippen molar-refractivity contribution in [2.24, 2.45) is 0 Å². The maximum absolute atomic E-state index is 12.2. The van der Waals surface area contributed by atoms with E-state index in [2.05, 4.69) is 5.32 Å². The van der Waals surface area contributed by atoms with Crippen molar-refractivity contribution < 1.29 is 14.3 Å². The highest BCUT2D eigenvalue weighted by Gasteiger charge is 2.35. The highest BCUT2D eigenvalue weighted by Crippen LogP contribution is 2.25. The van der Waals surface area contributed by atoms with E-state index in [9.17, 15) is 9.59 Å². The van der Waals surface area contributed by atoms with Crippen LogP contribution in [0.25, 0.3) is 0 Å². The number of halogens is 1. The topological polar surface area (TPSA) is 58.6 Å². The number of ether oxygens (including phenoxy) is 1. The maximum atomic E-state index is 12.2. The number of hydrogen-bond donors (Lipinski definition) is 1. The minimum Gasteiger partial charge on any atom is -0.444 e. The third-order valence-electron chi connectivity index (χ3n) is 3.75. The molecule has 22 heavy (non-hydrogen) atoms. The summed E-state index contributed by atoms with van der Waals surface area (Å²) in [5, 5.41) is 2.94. The Hall–Kier alpha value is -0.970. The zero-order valence-electron chi connectivity index (χ0n) is 14.3. The number of nitrogens with zero attached hydrogens (tertiary/aromatic N) is 1. The van der Waals surface area contributed by atoms with Gasteiger partial charge in [-0.1, -0.05) is 12.8 Å². The van der Waals surface area contributed by atoms with Crippen molar-refractivity contribution in [3.63, 3.8) is 0 Å². The molecular formula is C16H29ClN2O3. The number of rotatable bonds is 4. The first-order chi connectivity index (χ1) is 10.2. The predicted molar refractivity (Wildman–Crippen MR) is 88.1 cm³/mol. The normalized spacial score (nSPS) is 22.3. The van der Waals surface area contributed by atoms with Gasteiger partial charge in [0.05, 0.1) is 12.1 Å².